The van der Waals surface area contributed by atoms with Crippen LogP contribution in [0, 0.1) is 0 Å². The van der Waals surface area contributed by atoms with Crippen molar-refractivity contribution in [1.29, 1.82) is 0 Å². The Kier molecular flexibility index (Phi) is 4.00. The smallest absolute Gasteiger partial charge is 0.0718 e. The van der Waals surface area contributed by atoms with E-state index in [0.29, 0.717) is 0 Å². The number of nitrogens with zero attached hydrogens (tertiary/aromatic N) is 1. The number of fused-ring (bicyclic) bond motifs is 2. The minimum absolute atomic E-state index is 1.08. The van der Waals surface area contributed by atoms with Gasteiger partial charge in [-0.15, -0.1) is 0 Å². The van der Waals surface area contributed by atoms with Crippen molar-refractivity contribution in [2.45, 2.75) is 26.2 Å². The molecule has 1 heteroatoms. The summed E-state index contributed by atoms with van der Waals surface area (Å²) < 4.78 is 0. The third-order valence-corrected chi connectivity index (χ3v) is 4.67. The zero-order chi connectivity index (χ0) is 16.4. The highest BCUT2D eigenvalue weighted by molar-refractivity contribution is 5.97. The van der Waals surface area contributed by atoms with Crippen molar-refractivity contribution >= 4 is 21.7 Å². The van der Waals surface area contributed by atoms with E-state index in [-0.39, 0.29) is 0 Å². The monoisotopic (exact) mass is 311 g/mol. The number of para-hydroxylation sites is 1. The second kappa shape index (κ2) is 6.45. The molecule has 0 aliphatic rings. The highest BCUT2D eigenvalue weighted by atomic mass is 14.7. The fourth-order valence-corrected chi connectivity index (χ4v) is 3.41. The van der Waals surface area contributed by atoms with E-state index in [1.165, 1.54) is 40.1 Å². The van der Waals surface area contributed by atoms with Crippen molar-refractivity contribution in [3.05, 3.63) is 78.4 Å². The SMILES string of the molecule is CCCCc1cc(-c2cccc3ccccc23)nc2ccccc12. The van der Waals surface area contributed by atoms with E-state index in [1.54, 1.807) is 0 Å². The molecular weight excluding hydrogens is 290 g/mol. The van der Waals surface area contributed by atoms with Crippen LogP contribution in [0.15, 0.2) is 72.8 Å². The molecule has 0 saturated carbocycles. The first-order valence-corrected chi connectivity index (χ1v) is 8.73. The molecular formula is C23H21N. The molecule has 0 aliphatic heterocycles. The molecule has 0 bridgehead atoms. The summed E-state index contributed by atoms with van der Waals surface area (Å²) in [5.41, 5.74) is 4.80. The Labute approximate surface area is 143 Å². The third kappa shape index (κ3) is 2.67. The molecule has 1 nitrogen and oxygen atoms in total. The average Bonchev–Trinajstić information content (AvgIpc) is 2.65. The largest absolute Gasteiger partial charge is 0.248 e. The maximum atomic E-state index is 4.96. The molecule has 0 unspecified atom stereocenters. The van der Waals surface area contributed by atoms with E-state index in [9.17, 15) is 0 Å². The quantitative estimate of drug-likeness (QED) is 0.425. The second-order valence-corrected chi connectivity index (χ2v) is 6.31. The number of unbranched alkanes of at least 4 members (excludes halogenated alkanes) is 1. The molecule has 4 aromatic rings. The molecule has 1 aromatic heterocycles. The van der Waals surface area contributed by atoms with Crippen molar-refractivity contribution in [1.82, 2.24) is 4.98 Å². The van der Waals surface area contributed by atoms with Gasteiger partial charge in [0.1, 0.15) is 0 Å². The zero-order valence-electron chi connectivity index (χ0n) is 14.0. The molecule has 0 amide bonds. The second-order valence-electron chi connectivity index (χ2n) is 6.31. The summed E-state index contributed by atoms with van der Waals surface area (Å²) >= 11 is 0. The zero-order valence-corrected chi connectivity index (χ0v) is 14.0. The number of aryl methyl sites for hydroxylation is 1. The van der Waals surface area contributed by atoms with Crippen LogP contribution in [0.25, 0.3) is 32.9 Å². The maximum Gasteiger partial charge on any atom is 0.0718 e. The Hall–Kier alpha value is -2.67. The Balaban J connectivity index is 1.96. The van der Waals surface area contributed by atoms with E-state index in [0.717, 1.165) is 17.6 Å². The van der Waals surface area contributed by atoms with Gasteiger partial charge >= 0.3 is 0 Å². The van der Waals surface area contributed by atoms with Crippen LogP contribution in [0.2, 0.25) is 0 Å². The summed E-state index contributed by atoms with van der Waals surface area (Å²) in [5.74, 6) is 0. The number of aromatic nitrogens is 1. The van der Waals surface area contributed by atoms with Crippen LogP contribution in [-0.2, 0) is 6.42 Å². The van der Waals surface area contributed by atoms with Gasteiger partial charge in [-0.2, -0.15) is 0 Å². The van der Waals surface area contributed by atoms with Gasteiger partial charge in [-0.1, -0.05) is 74.0 Å². The van der Waals surface area contributed by atoms with Gasteiger partial charge in [0.15, 0.2) is 0 Å². The lowest BCUT2D eigenvalue weighted by Gasteiger charge is -2.11. The minimum Gasteiger partial charge on any atom is -0.248 e. The predicted octanol–water partition coefficient (Wildman–Crippen LogP) is 6.40. The van der Waals surface area contributed by atoms with Crippen molar-refractivity contribution in [3.8, 4) is 11.3 Å². The summed E-state index contributed by atoms with van der Waals surface area (Å²) in [6.45, 7) is 2.25. The van der Waals surface area contributed by atoms with Gasteiger partial charge in [-0.05, 0) is 41.3 Å². The number of pyridine rings is 1. The number of benzene rings is 3. The van der Waals surface area contributed by atoms with Gasteiger partial charge in [0, 0.05) is 10.9 Å². The lowest BCUT2D eigenvalue weighted by atomic mass is 9.97. The molecule has 1 heterocycles. The fourth-order valence-electron chi connectivity index (χ4n) is 3.41. The number of rotatable bonds is 4. The van der Waals surface area contributed by atoms with Crippen LogP contribution in [0.5, 0.6) is 0 Å². The van der Waals surface area contributed by atoms with Gasteiger partial charge < -0.3 is 0 Å². The van der Waals surface area contributed by atoms with E-state index in [1.807, 2.05) is 0 Å². The molecule has 3 aromatic carbocycles. The summed E-state index contributed by atoms with van der Waals surface area (Å²) in [7, 11) is 0. The topological polar surface area (TPSA) is 12.9 Å². The van der Waals surface area contributed by atoms with E-state index in [2.05, 4.69) is 79.7 Å². The summed E-state index contributed by atoms with van der Waals surface area (Å²) in [6.07, 6.45) is 3.53. The van der Waals surface area contributed by atoms with Crippen LogP contribution in [0.3, 0.4) is 0 Å². The first-order valence-electron chi connectivity index (χ1n) is 8.73. The Bertz CT molecular complexity index is 996. The predicted molar refractivity (Wildman–Crippen MR) is 103 cm³/mol. The molecule has 0 atom stereocenters. The first kappa shape index (κ1) is 14.9. The Morgan fingerprint density at radius 1 is 0.792 bits per heavy atom. The Morgan fingerprint density at radius 2 is 1.54 bits per heavy atom. The maximum absolute atomic E-state index is 4.96. The Morgan fingerprint density at radius 3 is 2.42 bits per heavy atom. The molecule has 0 radical (unpaired) electrons. The van der Waals surface area contributed by atoms with Crippen molar-refractivity contribution in [2.75, 3.05) is 0 Å². The number of hydrogen-bond donors (Lipinski definition) is 0. The van der Waals surface area contributed by atoms with Crippen molar-refractivity contribution in [2.24, 2.45) is 0 Å². The molecule has 24 heavy (non-hydrogen) atoms. The fraction of sp³-hybridized carbons (Fsp3) is 0.174. The van der Waals surface area contributed by atoms with Crippen LogP contribution >= 0.6 is 0 Å². The van der Waals surface area contributed by atoms with Gasteiger partial charge in [0.25, 0.3) is 0 Å². The minimum atomic E-state index is 1.08. The van der Waals surface area contributed by atoms with Crippen molar-refractivity contribution in [3.63, 3.8) is 0 Å². The molecule has 0 N–H and O–H groups in total. The normalized spacial score (nSPS) is 11.2. The van der Waals surface area contributed by atoms with Crippen molar-refractivity contribution < 1.29 is 0 Å². The summed E-state index contributed by atoms with van der Waals surface area (Å²) in [5, 5.41) is 3.82. The third-order valence-electron chi connectivity index (χ3n) is 4.67. The first-order chi connectivity index (χ1) is 11.9. The average molecular weight is 311 g/mol. The molecule has 0 spiro atoms. The molecule has 0 fully saturated rings. The van der Waals surface area contributed by atoms with Gasteiger partial charge in [-0.3, -0.25) is 0 Å². The molecule has 0 aliphatic carbocycles. The van der Waals surface area contributed by atoms with Crippen LogP contribution in [0.4, 0.5) is 0 Å². The van der Waals surface area contributed by atoms with Gasteiger partial charge in [-0.25, -0.2) is 4.98 Å². The molecule has 4 rings (SSSR count). The van der Waals surface area contributed by atoms with Crippen LogP contribution < -0.4 is 0 Å². The summed E-state index contributed by atoms with van der Waals surface area (Å²) in [6, 6.07) is 25.8. The van der Waals surface area contributed by atoms with Gasteiger partial charge in [0.05, 0.1) is 11.2 Å². The van der Waals surface area contributed by atoms with E-state index >= 15 is 0 Å². The van der Waals surface area contributed by atoms with E-state index in [4.69, 9.17) is 4.98 Å². The highest BCUT2D eigenvalue weighted by Crippen LogP contribution is 2.30. The standard InChI is InChI=1S/C23H21N/c1-2-3-9-18-16-23(24-22-15-7-6-13-20(18)22)21-14-8-11-17-10-4-5-12-19(17)21/h4-8,10-16H,2-3,9H2,1H3. The van der Waals surface area contributed by atoms with E-state index < -0.39 is 0 Å². The van der Waals surface area contributed by atoms with Gasteiger partial charge in [0.2, 0.25) is 0 Å². The molecule has 118 valence electrons. The molecule has 0 saturated heterocycles. The lowest BCUT2D eigenvalue weighted by molar-refractivity contribution is 0.798. The van der Waals surface area contributed by atoms with Crippen LogP contribution in [-0.4, -0.2) is 4.98 Å². The highest BCUT2D eigenvalue weighted by Gasteiger charge is 2.09. The summed E-state index contributed by atoms with van der Waals surface area (Å²) in [4.78, 5) is 4.96. The lowest BCUT2D eigenvalue weighted by Crippen LogP contribution is -1.93. The van der Waals surface area contributed by atoms with Crippen LogP contribution in [0.1, 0.15) is 25.3 Å². The number of hydrogen-bond acceptors (Lipinski definition) is 1.